The van der Waals surface area contributed by atoms with Crippen LogP contribution in [0.3, 0.4) is 0 Å². The van der Waals surface area contributed by atoms with Crippen LogP contribution in [-0.4, -0.2) is 9.97 Å². The fourth-order valence-corrected chi connectivity index (χ4v) is 2.72. The van der Waals surface area contributed by atoms with Gasteiger partial charge in [0.1, 0.15) is 11.6 Å². The lowest BCUT2D eigenvalue weighted by Gasteiger charge is -2.08. The van der Waals surface area contributed by atoms with Crippen molar-refractivity contribution < 1.29 is 0 Å². The largest absolute Gasteiger partial charge is 0.325 e. The minimum absolute atomic E-state index is 0.833. The van der Waals surface area contributed by atoms with E-state index in [1.807, 2.05) is 30.5 Å². The van der Waals surface area contributed by atoms with Crippen molar-refractivity contribution in [2.45, 2.75) is 39.0 Å². The number of benzene rings is 1. The van der Waals surface area contributed by atoms with Gasteiger partial charge in [-0.05, 0) is 48.7 Å². The molecule has 0 saturated carbocycles. The van der Waals surface area contributed by atoms with Crippen LogP contribution >= 0.6 is 0 Å². The number of aryl methyl sites for hydroxylation is 1. The molecule has 0 aliphatic carbocycles. The Kier molecular flexibility index (Phi) is 5.20. The molecule has 118 valence electrons. The van der Waals surface area contributed by atoms with Crippen LogP contribution in [0.25, 0.3) is 10.9 Å². The maximum absolute atomic E-state index is 4.64. The smallest absolute Gasteiger partial charge is 0.132 e. The molecule has 2 aromatic heterocycles. The Labute approximate surface area is 137 Å². The number of unbranched alkanes of at least 4 members (excludes halogenated alkanes) is 3. The highest BCUT2D eigenvalue weighted by atomic mass is 15.0. The Morgan fingerprint density at radius 1 is 0.913 bits per heavy atom. The number of nitrogens with zero attached hydrogens (tertiary/aromatic N) is 2. The van der Waals surface area contributed by atoms with Gasteiger partial charge in [-0.2, -0.15) is 0 Å². The molecule has 0 radical (unpaired) electrons. The molecule has 3 rings (SSSR count). The molecule has 0 atom stereocenters. The average molecular weight is 305 g/mol. The molecule has 1 N–H and O–H groups in total. The second kappa shape index (κ2) is 7.73. The zero-order valence-electron chi connectivity index (χ0n) is 13.6. The SMILES string of the molecule is CCCCCCc1ccnc(Nc2ccc3ccccc3n2)c1. The van der Waals surface area contributed by atoms with E-state index in [1.54, 1.807) is 0 Å². The molecule has 3 heteroatoms. The lowest BCUT2D eigenvalue weighted by Crippen LogP contribution is -1.97. The minimum Gasteiger partial charge on any atom is -0.325 e. The summed E-state index contributed by atoms with van der Waals surface area (Å²) in [5.41, 5.74) is 2.33. The van der Waals surface area contributed by atoms with Gasteiger partial charge in [-0.1, -0.05) is 44.4 Å². The van der Waals surface area contributed by atoms with Crippen LogP contribution in [0.4, 0.5) is 11.6 Å². The van der Waals surface area contributed by atoms with E-state index >= 15 is 0 Å². The lowest BCUT2D eigenvalue weighted by atomic mass is 10.1. The molecular weight excluding hydrogens is 282 g/mol. The fourth-order valence-electron chi connectivity index (χ4n) is 2.72. The molecule has 0 spiro atoms. The van der Waals surface area contributed by atoms with E-state index in [4.69, 9.17) is 0 Å². The summed E-state index contributed by atoms with van der Waals surface area (Å²) in [5.74, 6) is 1.69. The van der Waals surface area contributed by atoms with Crippen LogP contribution in [-0.2, 0) is 6.42 Å². The van der Waals surface area contributed by atoms with Crippen molar-refractivity contribution in [2.75, 3.05) is 5.32 Å². The predicted octanol–water partition coefficient (Wildman–Crippen LogP) is 5.50. The number of para-hydroxylation sites is 1. The third-order valence-corrected chi connectivity index (χ3v) is 4.00. The first-order chi connectivity index (χ1) is 11.3. The molecule has 0 saturated heterocycles. The molecule has 0 aliphatic rings. The summed E-state index contributed by atoms with van der Waals surface area (Å²) < 4.78 is 0. The van der Waals surface area contributed by atoms with Gasteiger partial charge in [0.05, 0.1) is 5.52 Å². The highest BCUT2D eigenvalue weighted by Crippen LogP contribution is 2.18. The zero-order valence-corrected chi connectivity index (χ0v) is 13.6. The molecule has 0 amide bonds. The van der Waals surface area contributed by atoms with Crippen molar-refractivity contribution in [1.82, 2.24) is 9.97 Å². The van der Waals surface area contributed by atoms with Gasteiger partial charge in [-0.25, -0.2) is 9.97 Å². The standard InChI is InChI=1S/C20H23N3/c1-2-3-4-5-8-16-13-14-21-20(15-16)23-19-12-11-17-9-6-7-10-18(17)22-19/h6-7,9-15H,2-5,8H2,1H3,(H,21,22,23). The number of fused-ring (bicyclic) bond motifs is 1. The topological polar surface area (TPSA) is 37.8 Å². The molecule has 0 bridgehead atoms. The summed E-state index contributed by atoms with van der Waals surface area (Å²) in [6, 6.07) is 16.4. The highest BCUT2D eigenvalue weighted by molar-refractivity contribution is 5.80. The van der Waals surface area contributed by atoms with Gasteiger partial charge in [0.25, 0.3) is 0 Å². The van der Waals surface area contributed by atoms with E-state index in [0.29, 0.717) is 0 Å². The van der Waals surface area contributed by atoms with Gasteiger partial charge in [-0.15, -0.1) is 0 Å². The van der Waals surface area contributed by atoms with E-state index in [0.717, 1.165) is 29.0 Å². The maximum atomic E-state index is 4.64. The minimum atomic E-state index is 0.833. The maximum Gasteiger partial charge on any atom is 0.132 e. The predicted molar refractivity (Wildman–Crippen MR) is 97.1 cm³/mol. The molecule has 0 aliphatic heterocycles. The van der Waals surface area contributed by atoms with Crippen molar-refractivity contribution in [1.29, 1.82) is 0 Å². The van der Waals surface area contributed by atoms with Crippen molar-refractivity contribution in [3.8, 4) is 0 Å². The van der Waals surface area contributed by atoms with Gasteiger partial charge >= 0.3 is 0 Å². The first-order valence-electron chi connectivity index (χ1n) is 8.43. The van der Waals surface area contributed by atoms with Gasteiger partial charge < -0.3 is 5.32 Å². The molecule has 2 heterocycles. The molecular formula is C20H23N3. The molecule has 0 unspecified atom stereocenters. The number of aromatic nitrogens is 2. The second-order valence-corrected chi connectivity index (χ2v) is 5.87. The van der Waals surface area contributed by atoms with Crippen molar-refractivity contribution >= 4 is 22.5 Å². The Balaban J connectivity index is 1.68. The van der Waals surface area contributed by atoms with Crippen LogP contribution in [0.5, 0.6) is 0 Å². The van der Waals surface area contributed by atoms with Crippen molar-refractivity contribution in [2.24, 2.45) is 0 Å². The Morgan fingerprint density at radius 2 is 1.83 bits per heavy atom. The summed E-state index contributed by atoms with van der Waals surface area (Å²) >= 11 is 0. The van der Waals surface area contributed by atoms with Crippen LogP contribution in [0.1, 0.15) is 38.2 Å². The average Bonchev–Trinajstić information content (AvgIpc) is 2.59. The molecule has 23 heavy (non-hydrogen) atoms. The van der Waals surface area contributed by atoms with Crippen LogP contribution in [0.15, 0.2) is 54.7 Å². The van der Waals surface area contributed by atoms with E-state index in [2.05, 4.69) is 46.5 Å². The number of rotatable bonds is 7. The Morgan fingerprint density at radius 3 is 2.74 bits per heavy atom. The van der Waals surface area contributed by atoms with Gasteiger partial charge in [0.15, 0.2) is 0 Å². The monoisotopic (exact) mass is 305 g/mol. The van der Waals surface area contributed by atoms with Crippen LogP contribution in [0.2, 0.25) is 0 Å². The lowest BCUT2D eigenvalue weighted by molar-refractivity contribution is 0.666. The highest BCUT2D eigenvalue weighted by Gasteiger charge is 2.01. The molecule has 3 nitrogen and oxygen atoms in total. The summed E-state index contributed by atoms with van der Waals surface area (Å²) in [6.45, 7) is 2.24. The quantitative estimate of drug-likeness (QED) is 0.586. The number of hydrogen-bond donors (Lipinski definition) is 1. The summed E-state index contributed by atoms with van der Waals surface area (Å²) in [7, 11) is 0. The van der Waals surface area contributed by atoms with Crippen molar-refractivity contribution in [3.05, 3.63) is 60.3 Å². The fraction of sp³-hybridized carbons (Fsp3) is 0.300. The van der Waals surface area contributed by atoms with E-state index in [9.17, 15) is 0 Å². The number of pyridine rings is 2. The van der Waals surface area contributed by atoms with Gasteiger partial charge in [0.2, 0.25) is 0 Å². The Bertz CT molecular complexity index is 767. The van der Waals surface area contributed by atoms with E-state index in [1.165, 1.54) is 31.2 Å². The number of nitrogens with one attached hydrogen (secondary N) is 1. The zero-order chi connectivity index (χ0) is 15.9. The molecule has 1 aromatic carbocycles. The summed E-state index contributed by atoms with van der Waals surface area (Å²) in [4.78, 5) is 9.04. The van der Waals surface area contributed by atoms with Gasteiger partial charge in [0, 0.05) is 11.6 Å². The van der Waals surface area contributed by atoms with E-state index in [-0.39, 0.29) is 0 Å². The van der Waals surface area contributed by atoms with Gasteiger partial charge in [-0.3, -0.25) is 0 Å². The Hall–Kier alpha value is -2.42. The van der Waals surface area contributed by atoms with Crippen molar-refractivity contribution in [3.63, 3.8) is 0 Å². The summed E-state index contributed by atoms with van der Waals surface area (Å²) in [6.07, 6.45) is 8.12. The number of hydrogen-bond acceptors (Lipinski definition) is 3. The second-order valence-electron chi connectivity index (χ2n) is 5.87. The van der Waals surface area contributed by atoms with E-state index < -0.39 is 0 Å². The molecule has 0 fully saturated rings. The first kappa shape index (κ1) is 15.5. The third-order valence-electron chi connectivity index (χ3n) is 4.00. The summed E-state index contributed by atoms with van der Waals surface area (Å²) in [5, 5.41) is 4.46. The molecule has 3 aromatic rings. The van der Waals surface area contributed by atoms with Crippen LogP contribution < -0.4 is 5.32 Å². The normalized spacial score (nSPS) is 10.8. The first-order valence-corrected chi connectivity index (χ1v) is 8.43. The third kappa shape index (κ3) is 4.28. The number of anilines is 2. The van der Waals surface area contributed by atoms with Crippen LogP contribution in [0, 0.1) is 0 Å².